The molecule has 8 nitrogen and oxygen atoms in total. The number of rotatable bonds is 14. The van der Waals surface area contributed by atoms with Crippen LogP contribution in [0.2, 0.25) is 0 Å². The third-order valence-corrected chi connectivity index (χ3v) is 8.48. The molecular weight excluding hydrogens is 608 g/mol. The van der Waals surface area contributed by atoms with Crippen molar-refractivity contribution in [2.75, 3.05) is 32.6 Å². The Labute approximate surface area is 273 Å². The second-order valence-electron chi connectivity index (χ2n) is 11.8. The molecule has 1 heterocycles. The molecule has 11 heteroatoms. The fraction of sp³-hybridized carbons (Fsp3) is 0.343. The molecule has 2 amide bonds. The number of carbonyl (C=O) groups excluding carboxylic acids is 2. The first-order valence-corrected chi connectivity index (χ1v) is 15.9. The van der Waals surface area contributed by atoms with Gasteiger partial charge in [-0.2, -0.15) is 0 Å². The minimum Gasteiger partial charge on any atom is -0.390 e. The third-order valence-electron chi connectivity index (χ3n) is 7.52. The number of alkyl halides is 2. The van der Waals surface area contributed by atoms with Gasteiger partial charge in [0.05, 0.1) is 18.7 Å². The summed E-state index contributed by atoms with van der Waals surface area (Å²) in [5.74, 6) is -3.64. The van der Waals surface area contributed by atoms with Crippen LogP contribution in [0, 0.1) is 6.92 Å². The van der Waals surface area contributed by atoms with Gasteiger partial charge in [0, 0.05) is 74.6 Å². The van der Waals surface area contributed by atoms with E-state index in [-0.39, 0.29) is 30.1 Å². The van der Waals surface area contributed by atoms with Crippen molar-refractivity contribution in [3.05, 3.63) is 117 Å². The topological polar surface area (TPSA) is 97.8 Å². The maximum Gasteiger partial charge on any atom is 0.270 e. The molecule has 0 saturated carbocycles. The summed E-state index contributed by atoms with van der Waals surface area (Å²) in [6.45, 7) is 3.47. The second kappa shape index (κ2) is 15.4. The Morgan fingerprint density at radius 2 is 1.67 bits per heavy atom. The second-order valence-corrected chi connectivity index (χ2v) is 12.7. The highest BCUT2D eigenvalue weighted by atomic mass is 32.1. The zero-order valence-corrected chi connectivity index (χ0v) is 27.6. The molecule has 0 aliphatic carbocycles. The Hall–Kier alpha value is -4.19. The zero-order valence-electron chi connectivity index (χ0n) is 26.8. The predicted molar refractivity (Wildman–Crippen MR) is 179 cm³/mol. The van der Waals surface area contributed by atoms with E-state index in [0.29, 0.717) is 29.8 Å². The van der Waals surface area contributed by atoms with Crippen LogP contribution in [0.15, 0.2) is 78.2 Å². The molecule has 4 aromatic rings. The van der Waals surface area contributed by atoms with Crippen LogP contribution < -0.4 is 15.5 Å². The fourth-order valence-electron chi connectivity index (χ4n) is 4.96. The third kappa shape index (κ3) is 9.65. The molecule has 244 valence electrons. The van der Waals surface area contributed by atoms with Gasteiger partial charge < -0.3 is 25.5 Å². The number of aliphatic hydroxyl groups excluding tert-OH is 1. The molecule has 0 radical (unpaired) electrons. The smallest absolute Gasteiger partial charge is 0.270 e. The number of anilines is 1. The normalized spacial score (nSPS) is 12.8. The first-order valence-electron chi connectivity index (χ1n) is 15.0. The Balaban J connectivity index is 1.51. The molecule has 0 aliphatic rings. The zero-order chi connectivity index (χ0) is 33.4. The molecule has 0 aliphatic heterocycles. The van der Waals surface area contributed by atoms with Crippen molar-refractivity contribution in [2.45, 2.75) is 51.4 Å². The van der Waals surface area contributed by atoms with E-state index in [4.69, 9.17) is 0 Å². The average Bonchev–Trinajstić information content (AvgIpc) is 3.44. The molecule has 1 aromatic heterocycles. The monoisotopic (exact) mass is 649 g/mol. The number of aryl methyl sites for hydroxylation is 1. The van der Waals surface area contributed by atoms with Crippen molar-refractivity contribution in [2.24, 2.45) is 0 Å². The number of nitrogens with zero attached hydrogens (tertiary/aromatic N) is 3. The van der Waals surface area contributed by atoms with Crippen LogP contribution in [0.5, 0.6) is 0 Å². The number of halogens is 2. The molecule has 3 aromatic carbocycles. The van der Waals surface area contributed by atoms with E-state index < -0.39 is 24.0 Å². The minimum atomic E-state index is -2.95. The Kier molecular flexibility index (Phi) is 11.6. The number of amides is 2. The highest BCUT2D eigenvalue weighted by Crippen LogP contribution is 2.27. The molecule has 46 heavy (non-hydrogen) atoms. The molecule has 3 N–H and O–H groups in total. The van der Waals surface area contributed by atoms with Crippen LogP contribution in [0.3, 0.4) is 0 Å². The number of hydrogen-bond donors (Lipinski definition) is 3. The van der Waals surface area contributed by atoms with E-state index in [1.54, 1.807) is 42.3 Å². The largest absolute Gasteiger partial charge is 0.390 e. The Bertz CT molecular complexity index is 1620. The van der Waals surface area contributed by atoms with Crippen molar-refractivity contribution < 1.29 is 23.5 Å². The van der Waals surface area contributed by atoms with E-state index in [1.165, 1.54) is 23.5 Å². The average molecular weight is 650 g/mol. The van der Waals surface area contributed by atoms with E-state index >= 15 is 0 Å². The lowest BCUT2D eigenvalue weighted by atomic mass is 9.99. The van der Waals surface area contributed by atoms with Crippen LogP contribution in [0.1, 0.15) is 55.0 Å². The molecule has 4 rings (SSSR count). The number of aliphatic hydroxyl groups is 1. The fourth-order valence-corrected chi connectivity index (χ4v) is 5.78. The van der Waals surface area contributed by atoms with Gasteiger partial charge in [-0.3, -0.25) is 9.59 Å². The van der Waals surface area contributed by atoms with Gasteiger partial charge in [0.25, 0.3) is 17.7 Å². The number of benzene rings is 3. The van der Waals surface area contributed by atoms with Crippen molar-refractivity contribution in [3.63, 3.8) is 0 Å². The standard InChI is InChI=1S/C35H41F2N5O3S/c1-23-22-46-32(39-23)21-42(5)34(45)27-16-26(17-29(18-27)41(3)4)33(44)40-30(15-24-10-7-6-8-11-24)31(43)20-38-19-25-12-9-13-28(14-25)35(2,36)37/h6-14,16-18,22,30-31,38,43H,15,19-21H2,1-5H3,(H,40,44)/t30-,31+/m0/s1. The van der Waals surface area contributed by atoms with Crippen molar-refractivity contribution in [3.8, 4) is 0 Å². The lowest BCUT2D eigenvalue weighted by Crippen LogP contribution is -2.48. The summed E-state index contributed by atoms with van der Waals surface area (Å²) in [4.78, 5) is 35.0. The number of hydrogen-bond acceptors (Lipinski definition) is 7. The first-order chi connectivity index (χ1) is 21.8. The summed E-state index contributed by atoms with van der Waals surface area (Å²) in [6, 6.07) is 20.0. The highest BCUT2D eigenvalue weighted by Gasteiger charge is 2.26. The van der Waals surface area contributed by atoms with E-state index in [2.05, 4.69) is 15.6 Å². The van der Waals surface area contributed by atoms with Gasteiger partial charge in [-0.1, -0.05) is 48.5 Å². The van der Waals surface area contributed by atoms with Gasteiger partial charge in [0.2, 0.25) is 0 Å². The Morgan fingerprint density at radius 3 is 2.33 bits per heavy atom. The molecule has 0 saturated heterocycles. The molecule has 2 atom stereocenters. The molecule has 0 fully saturated rings. The van der Waals surface area contributed by atoms with E-state index in [1.807, 2.05) is 61.6 Å². The number of aromatic nitrogens is 1. The SMILES string of the molecule is Cc1csc(CN(C)C(=O)c2cc(C(=O)N[C@@H](Cc3ccccc3)[C@H](O)CNCc3cccc(C(C)(F)F)c3)cc(N(C)C)c2)n1. The maximum atomic E-state index is 13.8. The van der Waals surface area contributed by atoms with Crippen molar-refractivity contribution >= 4 is 28.8 Å². The summed E-state index contributed by atoms with van der Waals surface area (Å²) in [5, 5.41) is 20.1. The highest BCUT2D eigenvalue weighted by molar-refractivity contribution is 7.09. The van der Waals surface area contributed by atoms with Crippen LogP contribution in [-0.4, -0.2) is 66.6 Å². The van der Waals surface area contributed by atoms with Crippen molar-refractivity contribution in [1.29, 1.82) is 0 Å². The predicted octanol–water partition coefficient (Wildman–Crippen LogP) is 5.39. The van der Waals surface area contributed by atoms with Gasteiger partial charge in [0.1, 0.15) is 5.01 Å². The molecular formula is C35H41F2N5O3S. The number of nitrogens with one attached hydrogen (secondary N) is 2. The van der Waals surface area contributed by atoms with Crippen LogP contribution in [0.4, 0.5) is 14.5 Å². The lowest BCUT2D eigenvalue weighted by Gasteiger charge is -2.26. The summed E-state index contributed by atoms with van der Waals surface area (Å²) in [6.07, 6.45) is -0.659. The van der Waals surface area contributed by atoms with Crippen LogP contribution in [0.25, 0.3) is 0 Å². The summed E-state index contributed by atoms with van der Waals surface area (Å²) >= 11 is 1.49. The van der Waals surface area contributed by atoms with Gasteiger partial charge in [0.15, 0.2) is 0 Å². The van der Waals surface area contributed by atoms with E-state index in [9.17, 15) is 23.5 Å². The van der Waals surface area contributed by atoms with Gasteiger partial charge >= 0.3 is 0 Å². The first kappa shape index (κ1) is 34.7. The van der Waals surface area contributed by atoms with Crippen molar-refractivity contribution in [1.82, 2.24) is 20.5 Å². The maximum absolute atomic E-state index is 13.8. The van der Waals surface area contributed by atoms with Gasteiger partial charge in [-0.25, -0.2) is 13.8 Å². The summed E-state index contributed by atoms with van der Waals surface area (Å²) in [5.41, 5.74) is 3.70. The minimum absolute atomic E-state index is 0.0798. The molecule has 0 bridgehead atoms. The number of thiazole rings is 1. The molecule has 0 spiro atoms. The Morgan fingerprint density at radius 1 is 0.978 bits per heavy atom. The number of carbonyl (C=O) groups is 2. The lowest BCUT2D eigenvalue weighted by molar-refractivity contribution is 0.0173. The van der Waals surface area contributed by atoms with Gasteiger partial charge in [-0.05, 0) is 48.7 Å². The summed E-state index contributed by atoms with van der Waals surface area (Å²) in [7, 11) is 5.36. The van der Waals surface area contributed by atoms with E-state index in [0.717, 1.165) is 23.2 Å². The quantitative estimate of drug-likeness (QED) is 0.170. The van der Waals surface area contributed by atoms with Gasteiger partial charge in [-0.15, -0.1) is 11.3 Å². The summed E-state index contributed by atoms with van der Waals surface area (Å²) < 4.78 is 27.6. The van der Waals surface area contributed by atoms with Crippen LogP contribution in [-0.2, 0) is 25.4 Å². The molecule has 0 unspecified atom stereocenters. The van der Waals surface area contributed by atoms with Crippen LogP contribution >= 0.6 is 11.3 Å².